The van der Waals surface area contributed by atoms with Gasteiger partial charge in [-0.3, -0.25) is 14.9 Å². The molecule has 0 aromatic heterocycles. The molecule has 0 radical (unpaired) electrons. The molecule has 0 saturated carbocycles. The summed E-state index contributed by atoms with van der Waals surface area (Å²) in [6, 6.07) is 9.68. The van der Waals surface area contributed by atoms with E-state index in [1.165, 1.54) is 5.56 Å². The molecule has 18 heavy (non-hydrogen) atoms. The number of rotatable bonds is 4. The molecule has 5 nitrogen and oxygen atoms in total. The summed E-state index contributed by atoms with van der Waals surface area (Å²) in [5.74, 6) is -0.130. The molecule has 1 aliphatic heterocycles. The Morgan fingerprint density at radius 2 is 2.11 bits per heavy atom. The number of benzene rings is 1. The van der Waals surface area contributed by atoms with Crippen LogP contribution in [0.4, 0.5) is 0 Å². The van der Waals surface area contributed by atoms with Crippen LogP contribution in [0.5, 0.6) is 0 Å². The van der Waals surface area contributed by atoms with Crippen LogP contribution < -0.4 is 16.0 Å². The van der Waals surface area contributed by atoms with Gasteiger partial charge in [-0.25, -0.2) is 0 Å². The average Bonchev–Trinajstić information content (AvgIpc) is 2.40. The van der Waals surface area contributed by atoms with Crippen LogP contribution in [-0.2, 0) is 16.0 Å². The molecule has 2 rings (SSSR count). The van der Waals surface area contributed by atoms with Gasteiger partial charge in [0, 0.05) is 13.1 Å². The van der Waals surface area contributed by atoms with Crippen molar-refractivity contribution in [3.05, 3.63) is 35.9 Å². The molecule has 1 heterocycles. The highest BCUT2D eigenvalue weighted by atomic mass is 16.2. The molecule has 96 valence electrons. The summed E-state index contributed by atoms with van der Waals surface area (Å²) in [7, 11) is 0. The van der Waals surface area contributed by atoms with Crippen LogP contribution in [0.15, 0.2) is 30.3 Å². The average molecular weight is 247 g/mol. The number of carbonyl (C=O) groups excluding carboxylic acids is 2. The monoisotopic (exact) mass is 247 g/mol. The molecule has 1 atom stereocenters. The van der Waals surface area contributed by atoms with Crippen LogP contribution in [0, 0.1) is 0 Å². The second-order valence-corrected chi connectivity index (χ2v) is 4.26. The molecular weight excluding hydrogens is 230 g/mol. The van der Waals surface area contributed by atoms with E-state index in [9.17, 15) is 9.59 Å². The van der Waals surface area contributed by atoms with E-state index in [1.54, 1.807) is 0 Å². The van der Waals surface area contributed by atoms with Crippen LogP contribution in [0.2, 0.25) is 0 Å². The van der Waals surface area contributed by atoms with Crippen molar-refractivity contribution in [3.63, 3.8) is 0 Å². The van der Waals surface area contributed by atoms with Gasteiger partial charge in [0.2, 0.25) is 11.8 Å². The molecule has 1 aromatic rings. The fourth-order valence-electron chi connectivity index (χ4n) is 1.85. The first-order chi connectivity index (χ1) is 8.75. The maximum atomic E-state index is 11.8. The summed E-state index contributed by atoms with van der Waals surface area (Å²) >= 11 is 0. The Kier molecular flexibility index (Phi) is 4.30. The number of hydrogen-bond donors (Lipinski definition) is 3. The third kappa shape index (κ3) is 3.56. The van der Waals surface area contributed by atoms with Gasteiger partial charge in [0.05, 0.1) is 6.54 Å². The SMILES string of the molecule is O=C1CNC(C(=O)NCCc2ccccc2)CN1. The van der Waals surface area contributed by atoms with E-state index < -0.39 is 0 Å². The smallest absolute Gasteiger partial charge is 0.238 e. The van der Waals surface area contributed by atoms with Gasteiger partial charge >= 0.3 is 0 Å². The molecule has 2 amide bonds. The van der Waals surface area contributed by atoms with Crippen molar-refractivity contribution in [2.45, 2.75) is 12.5 Å². The minimum atomic E-state index is -0.321. The van der Waals surface area contributed by atoms with Crippen LogP contribution in [0.3, 0.4) is 0 Å². The first kappa shape index (κ1) is 12.6. The van der Waals surface area contributed by atoms with Gasteiger partial charge in [-0.05, 0) is 12.0 Å². The van der Waals surface area contributed by atoms with E-state index >= 15 is 0 Å². The molecule has 1 unspecified atom stereocenters. The number of piperazine rings is 1. The lowest BCUT2D eigenvalue weighted by Crippen LogP contribution is -2.58. The largest absolute Gasteiger partial charge is 0.354 e. The van der Waals surface area contributed by atoms with Gasteiger partial charge in [-0.1, -0.05) is 30.3 Å². The zero-order valence-corrected chi connectivity index (χ0v) is 10.1. The Hall–Kier alpha value is -1.88. The lowest BCUT2D eigenvalue weighted by atomic mass is 10.1. The molecule has 3 N–H and O–H groups in total. The summed E-state index contributed by atoms with van der Waals surface area (Å²) in [5, 5.41) is 8.42. The van der Waals surface area contributed by atoms with E-state index in [1.807, 2.05) is 30.3 Å². The third-order valence-electron chi connectivity index (χ3n) is 2.88. The quantitative estimate of drug-likeness (QED) is 0.667. The fraction of sp³-hybridized carbons (Fsp3) is 0.385. The second-order valence-electron chi connectivity index (χ2n) is 4.26. The van der Waals surface area contributed by atoms with E-state index in [0.717, 1.165) is 6.42 Å². The predicted molar refractivity (Wildman–Crippen MR) is 68.0 cm³/mol. The van der Waals surface area contributed by atoms with Gasteiger partial charge in [0.15, 0.2) is 0 Å². The normalized spacial score (nSPS) is 19.1. The summed E-state index contributed by atoms with van der Waals surface area (Å²) in [5.41, 5.74) is 1.20. The Labute approximate surface area is 106 Å². The van der Waals surface area contributed by atoms with Gasteiger partial charge in [0.1, 0.15) is 6.04 Å². The topological polar surface area (TPSA) is 70.2 Å². The van der Waals surface area contributed by atoms with Crippen LogP contribution in [0.1, 0.15) is 5.56 Å². The van der Waals surface area contributed by atoms with Crippen molar-refractivity contribution in [2.75, 3.05) is 19.6 Å². The number of carbonyl (C=O) groups is 2. The number of hydrogen-bond acceptors (Lipinski definition) is 3. The third-order valence-corrected chi connectivity index (χ3v) is 2.88. The van der Waals surface area contributed by atoms with Gasteiger partial charge < -0.3 is 10.6 Å². The number of nitrogens with one attached hydrogen (secondary N) is 3. The maximum absolute atomic E-state index is 11.8. The van der Waals surface area contributed by atoms with Crippen molar-refractivity contribution in [3.8, 4) is 0 Å². The zero-order chi connectivity index (χ0) is 12.8. The van der Waals surface area contributed by atoms with Crippen LogP contribution in [0.25, 0.3) is 0 Å². The number of amides is 2. The summed E-state index contributed by atoms with van der Waals surface area (Å²) in [6.45, 7) is 1.17. The molecule has 0 spiro atoms. The standard InChI is InChI=1S/C13H17N3O2/c17-12-9-15-11(8-16-12)13(18)14-7-6-10-4-2-1-3-5-10/h1-5,11,15H,6-9H2,(H,14,18)(H,16,17). The molecule has 1 aromatic carbocycles. The zero-order valence-electron chi connectivity index (χ0n) is 10.1. The Balaban J connectivity index is 1.70. The predicted octanol–water partition coefficient (Wildman–Crippen LogP) is -0.567. The molecule has 5 heteroatoms. The van der Waals surface area contributed by atoms with Crippen LogP contribution in [-0.4, -0.2) is 37.5 Å². The van der Waals surface area contributed by atoms with Crippen molar-refractivity contribution in [1.29, 1.82) is 0 Å². The van der Waals surface area contributed by atoms with E-state index in [-0.39, 0.29) is 24.4 Å². The van der Waals surface area contributed by atoms with Crippen molar-refractivity contribution < 1.29 is 9.59 Å². The Morgan fingerprint density at radius 3 is 2.78 bits per heavy atom. The highest BCUT2D eigenvalue weighted by molar-refractivity contribution is 5.86. The van der Waals surface area contributed by atoms with Gasteiger partial charge in [-0.15, -0.1) is 0 Å². The van der Waals surface area contributed by atoms with Crippen molar-refractivity contribution in [1.82, 2.24) is 16.0 Å². The van der Waals surface area contributed by atoms with E-state index in [4.69, 9.17) is 0 Å². The molecule has 0 aliphatic carbocycles. The molecular formula is C13H17N3O2. The second kappa shape index (κ2) is 6.16. The fourth-order valence-corrected chi connectivity index (χ4v) is 1.85. The van der Waals surface area contributed by atoms with Gasteiger partial charge in [-0.2, -0.15) is 0 Å². The lowest BCUT2D eigenvalue weighted by molar-refractivity contribution is -0.126. The molecule has 0 bridgehead atoms. The van der Waals surface area contributed by atoms with Crippen LogP contribution >= 0.6 is 0 Å². The highest BCUT2D eigenvalue weighted by Gasteiger charge is 2.22. The van der Waals surface area contributed by atoms with Gasteiger partial charge in [0.25, 0.3) is 0 Å². The lowest BCUT2D eigenvalue weighted by Gasteiger charge is -2.23. The van der Waals surface area contributed by atoms with E-state index in [2.05, 4.69) is 16.0 Å². The first-order valence-corrected chi connectivity index (χ1v) is 6.07. The maximum Gasteiger partial charge on any atom is 0.238 e. The van der Waals surface area contributed by atoms with E-state index in [0.29, 0.717) is 13.1 Å². The van der Waals surface area contributed by atoms with Crippen molar-refractivity contribution in [2.24, 2.45) is 0 Å². The minimum absolute atomic E-state index is 0.0640. The molecule has 1 saturated heterocycles. The summed E-state index contributed by atoms with van der Waals surface area (Å²) in [6.07, 6.45) is 0.811. The minimum Gasteiger partial charge on any atom is -0.354 e. The first-order valence-electron chi connectivity index (χ1n) is 6.07. The molecule has 1 fully saturated rings. The Morgan fingerprint density at radius 1 is 1.33 bits per heavy atom. The highest BCUT2D eigenvalue weighted by Crippen LogP contribution is 1.98. The Bertz CT molecular complexity index is 410. The van der Waals surface area contributed by atoms with Crippen molar-refractivity contribution >= 4 is 11.8 Å². The summed E-state index contributed by atoms with van der Waals surface area (Å²) in [4.78, 5) is 22.7. The molecule has 1 aliphatic rings. The summed E-state index contributed by atoms with van der Waals surface area (Å²) < 4.78 is 0.